The van der Waals surface area contributed by atoms with Crippen LogP contribution >= 0.6 is 35.3 Å². The van der Waals surface area contributed by atoms with Gasteiger partial charge in [0, 0.05) is 36.3 Å². The highest BCUT2D eigenvalue weighted by molar-refractivity contribution is 14.0. The molecule has 2 heterocycles. The molecule has 152 valence electrons. The molecule has 0 saturated carbocycles. The van der Waals surface area contributed by atoms with Crippen molar-refractivity contribution in [1.82, 2.24) is 15.6 Å². The Morgan fingerprint density at radius 3 is 2.68 bits per heavy atom. The zero-order chi connectivity index (χ0) is 19.1. The van der Waals surface area contributed by atoms with Crippen LogP contribution in [0.15, 0.2) is 35.5 Å². The molecule has 1 aliphatic heterocycles. The summed E-state index contributed by atoms with van der Waals surface area (Å²) < 4.78 is 0. The number of rotatable bonds is 6. The number of aromatic nitrogens is 1. The van der Waals surface area contributed by atoms with Crippen LogP contribution in [0.3, 0.4) is 0 Å². The molecule has 1 amide bonds. The normalized spacial score (nSPS) is 14.6. The predicted octanol–water partition coefficient (Wildman–Crippen LogP) is 3.84. The molecule has 28 heavy (non-hydrogen) atoms. The van der Waals surface area contributed by atoms with Crippen molar-refractivity contribution in [3.8, 4) is 0 Å². The molecule has 2 aromatic rings. The van der Waals surface area contributed by atoms with E-state index in [1.165, 1.54) is 4.88 Å². The summed E-state index contributed by atoms with van der Waals surface area (Å²) in [6, 6.07) is 8.14. The summed E-state index contributed by atoms with van der Waals surface area (Å²) in [6.07, 6.45) is 4.62. The molecule has 8 heteroatoms. The van der Waals surface area contributed by atoms with Crippen molar-refractivity contribution in [2.24, 2.45) is 4.99 Å². The van der Waals surface area contributed by atoms with Gasteiger partial charge in [0.2, 0.25) is 5.91 Å². The number of guanidine groups is 1. The zero-order valence-electron chi connectivity index (χ0n) is 16.4. The third kappa shape index (κ3) is 6.44. The summed E-state index contributed by atoms with van der Waals surface area (Å²) in [5.74, 6) is 1.00. The van der Waals surface area contributed by atoms with Crippen LogP contribution in [-0.2, 0) is 17.9 Å². The van der Waals surface area contributed by atoms with Crippen LogP contribution in [0.2, 0.25) is 0 Å². The third-order valence-electron chi connectivity index (χ3n) is 4.41. The Morgan fingerprint density at radius 1 is 1.25 bits per heavy atom. The van der Waals surface area contributed by atoms with Crippen LogP contribution in [0.5, 0.6) is 0 Å². The molecule has 1 aliphatic rings. The van der Waals surface area contributed by atoms with Crippen molar-refractivity contribution < 1.29 is 4.79 Å². The summed E-state index contributed by atoms with van der Waals surface area (Å²) in [6.45, 7) is 6.98. The molecular weight excluding hydrogens is 485 g/mol. The van der Waals surface area contributed by atoms with E-state index >= 15 is 0 Å². The number of piperidine rings is 1. The van der Waals surface area contributed by atoms with Gasteiger partial charge >= 0.3 is 0 Å². The third-order valence-corrected chi connectivity index (χ3v) is 5.32. The molecule has 1 fully saturated rings. The van der Waals surface area contributed by atoms with E-state index in [1.807, 2.05) is 23.2 Å². The Bertz CT molecular complexity index is 790. The number of hydrogen-bond donors (Lipinski definition) is 2. The van der Waals surface area contributed by atoms with Gasteiger partial charge in [-0.25, -0.2) is 9.98 Å². The number of aliphatic imine (C=N–C) groups is 1. The van der Waals surface area contributed by atoms with Crippen LogP contribution in [0.4, 0.5) is 5.69 Å². The predicted molar refractivity (Wildman–Crippen MR) is 127 cm³/mol. The van der Waals surface area contributed by atoms with E-state index in [9.17, 15) is 4.79 Å². The molecule has 0 aliphatic carbocycles. The van der Waals surface area contributed by atoms with Crippen molar-refractivity contribution in [2.75, 3.05) is 18.0 Å². The van der Waals surface area contributed by atoms with Crippen molar-refractivity contribution in [2.45, 2.75) is 46.2 Å². The number of hydrogen-bond acceptors (Lipinski definition) is 4. The van der Waals surface area contributed by atoms with Gasteiger partial charge in [-0.2, -0.15) is 0 Å². The highest BCUT2D eigenvalue weighted by Gasteiger charge is 2.19. The monoisotopic (exact) mass is 513 g/mol. The quantitative estimate of drug-likeness (QED) is 0.350. The first-order valence-electron chi connectivity index (χ1n) is 9.48. The van der Waals surface area contributed by atoms with E-state index in [-0.39, 0.29) is 29.9 Å². The Morgan fingerprint density at radius 2 is 2.04 bits per heavy atom. The highest BCUT2D eigenvalue weighted by Crippen LogP contribution is 2.21. The Balaban J connectivity index is 0.00000280. The molecule has 1 saturated heterocycles. The van der Waals surface area contributed by atoms with Gasteiger partial charge < -0.3 is 15.5 Å². The first kappa shape index (κ1) is 22.6. The number of carbonyl (C=O) groups is 1. The van der Waals surface area contributed by atoms with E-state index in [0.29, 0.717) is 19.5 Å². The fourth-order valence-corrected chi connectivity index (χ4v) is 3.74. The molecule has 0 bridgehead atoms. The Kier molecular flexibility index (Phi) is 9.17. The Labute approximate surface area is 187 Å². The van der Waals surface area contributed by atoms with Crippen LogP contribution in [0.25, 0.3) is 0 Å². The van der Waals surface area contributed by atoms with Gasteiger partial charge in [-0.3, -0.25) is 4.79 Å². The molecule has 0 spiro atoms. The number of nitrogens with one attached hydrogen (secondary N) is 2. The number of anilines is 1. The molecule has 0 unspecified atom stereocenters. The first-order chi connectivity index (χ1) is 13.2. The van der Waals surface area contributed by atoms with Gasteiger partial charge in [-0.1, -0.05) is 12.1 Å². The molecule has 1 aromatic carbocycles. The van der Waals surface area contributed by atoms with Gasteiger partial charge in [0.1, 0.15) is 5.01 Å². The van der Waals surface area contributed by atoms with Gasteiger partial charge in [-0.05, 0) is 44.4 Å². The van der Waals surface area contributed by atoms with Crippen molar-refractivity contribution >= 4 is 52.9 Å². The Hall–Kier alpha value is -1.68. The lowest BCUT2D eigenvalue weighted by Crippen LogP contribution is -2.36. The number of halogens is 1. The van der Waals surface area contributed by atoms with Gasteiger partial charge in [0.15, 0.2) is 5.96 Å². The molecule has 2 N–H and O–H groups in total. The minimum absolute atomic E-state index is 0. The van der Waals surface area contributed by atoms with Crippen LogP contribution in [-0.4, -0.2) is 29.9 Å². The number of amides is 1. The maximum atomic E-state index is 12.0. The molecular formula is C20H28IN5OS. The average Bonchev–Trinajstić information content (AvgIpc) is 3.10. The highest BCUT2D eigenvalue weighted by atomic mass is 127. The topological polar surface area (TPSA) is 69.6 Å². The number of carbonyl (C=O) groups excluding carboxylic acids is 1. The molecule has 1 aromatic heterocycles. The zero-order valence-corrected chi connectivity index (χ0v) is 19.5. The smallest absolute Gasteiger partial charge is 0.226 e. The number of nitrogens with zero attached hydrogens (tertiary/aromatic N) is 3. The summed E-state index contributed by atoms with van der Waals surface area (Å²) in [5, 5.41) is 7.63. The average molecular weight is 513 g/mol. The standard InChI is InChI=1S/C20H27N5OS.HI/c1-3-21-20(24-14-18-22-12-15(2)27-18)23-13-16-7-9-17(10-8-16)25-11-5-4-6-19(25)26;/h7-10,12H,3-6,11,13-14H2,1-2H3,(H2,21,23,24);1H. The van der Waals surface area contributed by atoms with E-state index in [1.54, 1.807) is 11.3 Å². The van der Waals surface area contributed by atoms with Crippen molar-refractivity contribution in [3.63, 3.8) is 0 Å². The van der Waals surface area contributed by atoms with Crippen LogP contribution < -0.4 is 15.5 Å². The SMILES string of the molecule is CCNC(=NCc1ccc(N2CCCCC2=O)cc1)NCc1ncc(C)s1.I. The second-order valence-corrected chi connectivity index (χ2v) is 7.90. The summed E-state index contributed by atoms with van der Waals surface area (Å²) in [5.41, 5.74) is 2.10. The first-order valence-corrected chi connectivity index (χ1v) is 10.3. The largest absolute Gasteiger partial charge is 0.357 e. The van der Waals surface area contributed by atoms with Crippen LogP contribution in [0, 0.1) is 6.92 Å². The summed E-state index contributed by atoms with van der Waals surface area (Å²) in [4.78, 5) is 24.2. The van der Waals surface area contributed by atoms with Crippen molar-refractivity contribution in [1.29, 1.82) is 0 Å². The molecule has 0 radical (unpaired) electrons. The minimum atomic E-state index is 0. The van der Waals surface area contributed by atoms with E-state index in [2.05, 4.69) is 46.6 Å². The number of thiazole rings is 1. The van der Waals surface area contributed by atoms with Gasteiger partial charge in [-0.15, -0.1) is 35.3 Å². The number of aryl methyl sites for hydroxylation is 1. The van der Waals surface area contributed by atoms with E-state index in [0.717, 1.165) is 48.1 Å². The van der Waals surface area contributed by atoms with E-state index < -0.39 is 0 Å². The number of benzene rings is 1. The second kappa shape index (κ2) is 11.4. The maximum absolute atomic E-state index is 12.0. The van der Waals surface area contributed by atoms with E-state index in [4.69, 9.17) is 0 Å². The fourth-order valence-electron chi connectivity index (χ4n) is 3.01. The summed E-state index contributed by atoms with van der Waals surface area (Å²) in [7, 11) is 0. The van der Waals surface area contributed by atoms with Crippen LogP contribution in [0.1, 0.15) is 41.6 Å². The lowest BCUT2D eigenvalue weighted by molar-refractivity contribution is -0.119. The van der Waals surface area contributed by atoms with Crippen molar-refractivity contribution in [3.05, 3.63) is 45.9 Å². The molecule has 0 atom stereocenters. The summed E-state index contributed by atoms with van der Waals surface area (Å²) >= 11 is 1.69. The fraction of sp³-hybridized carbons (Fsp3) is 0.450. The lowest BCUT2D eigenvalue weighted by Gasteiger charge is -2.26. The van der Waals surface area contributed by atoms with Gasteiger partial charge in [0.25, 0.3) is 0 Å². The maximum Gasteiger partial charge on any atom is 0.226 e. The van der Waals surface area contributed by atoms with Gasteiger partial charge in [0.05, 0.1) is 13.1 Å². The lowest BCUT2D eigenvalue weighted by atomic mass is 10.1. The second-order valence-electron chi connectivity index (χ2n) is 6.58. The minimum Gasteiger partial charge on any atom is -0.357 e. The molecule has 6 nitrogen and oxygen atoms in total. The molecule has 3 rings (SSSR count).